The smallest absolute Gasteiger partial charge is 0.409 e. The molecule has 3 saturated heterocycles. The van der Waals surface area contributed by atoms with Gasteiger partial charge in [-0.1, -0.05) is 0 Å². The number of rotatable bonds is 5. The fourth-order valence-electron chi connectivity index (χ4n) is 2.79. The van der Waals surface area contributed by atoms with Crippen LogP contribution in [0, 0.1) is 5.41 Å². The minimum Gasteiger partial charge on any atom is -0.481 e. The number of β-lactam (4-membered cyclic amide) rings is 1. The second-order valence-electron chi connectivity index (χ2n) is 5.91. The number of amides is 3. The largest absolute Gasteiger partial charge is 0.481 e. The molecule has 3 rings (SSSR count). The summed E-state index contributed by atoms with van der Waals surface area (Å²) in [6.07, 6.45) is 0.873. The summed E-state index contributed by atoms with van der Waals surface area (Å²) in [6, 6.07) is -0.604. The zero-order valence-corrected chi connectivity index (χ0v) is 13.1. The summed E-state index contributed by atoms with van der Waals surface area (Å²) in [5.41, 5.74) is -1.32. The first-order valence-corrected chi connectivity index (χ1v) is 8.30. The maximum Gasteiger partial charge on any atom is 0.409 e. The number of nitrogens with zero attached hydrogens (tertiary/aromatic N) is 2. The number of aliphatic carboxylic acids is 1. The molecule has 3 amide bonds. The van der Waals surface area contributed by atoms with Crippen LogP contribution in [0.5, 0.6) is 0 Å². The Kier molecular flexibility index (Phi) is 4.09. The Hall–Kier alpha value is -1.97. The van der Waals surface area contributed by atoms with Gasteiger partial charge in [0.1, 0.15) is 23.4 Å². The zero-order chi connectivity index (χ0) is 16.6. The number of ether oxygens (including phenoxy) is 1. The van der Waals surface area contributed by atoms with Crippen molar-refractivity contribution in [3.05, 3.63) is 0 Å². The molecule has 0 aliphatic carbocycles. The number of hydrogen-bond donors (Lipinski definition) is 2. The molecule has 2 unspecified atom stereocenters. The third-order valence-corrected chi connectivity index (χ3v) is 6.02. The lowest BCUT2D eigenvalue weighted by Gasteiger charge is -2.53. The van der Waals surface area contributed by atoms with E-state index in [9.17, 15) is 24.3 Å². The van der Waals surface area contributed by atoms with Gasteiger partial charge in [-0.25, -0.2) is 4.79 Å². The molecule has 0 aromatic carbocycles. The van der Waals surface area contributed by atoms with Crippen LogP contribution in [0.2, 0.25) is 0 Å². The first kappa shape index (κ1) is 15.9. The quantitative estimate of drug-likeness (QED) is 0.482. The minimum atomic E-state index is -1.32. The second kappa shape index (κ2) is 5.91. The Morgan fingerprint density at radius 2 is 2.22 bits per heavy atom. The summed E-state index contributed by atoms with van der Waals surface area (Å²) in [6.45, 7) is 0.953. The standard InChI is InChI=1S/C13H17N3O6S/c17-7-14-8-9(18)16-4-13(11(19)20,6-23-10(8)16)5-22-12(21)15-2-1-3-15/h7-8,10H,1-6H2,(H,14,17)(H,19,20)/t8?,10-,13?/m1/s1. The van der Waals surface area contributed by atoms with Crippen LogP contribution in [0.3, 0.4) is 0 Å². The highest BCUT2D eigenvalue weighted by molar-refractivity contribution is 8.00. The highest BCUT2D eigenvalue weighted by atomic mass is 32.2. The molecule has 3 atom stereocenters. The van der Waals surface area contributed by atoms with Gasteiger partial charge in [-0.15, -0.1) is 11.8 Å². The number of carboxylic acid groups (broad SMARTS) is 1. The minimum absolute atomic E-state index is 0.0247. The van der Waals surface area contributed by atoms with E-state index in [0.29, 0.717) is 19.5 Å². The van der Waals surface area contributed by atoms with Crippen molar-refractivity contribution >= 4 is 36.1 Å². The molecule has 0 aromatic heterocycles. The molecular formula is C13H17N3O6S. The number of likely N-dealkylation sites (tertiary alicyclic amines) is 1. The molecule has 3 fully saturated rings. The summed E-state index contributed by atoms with van der Waals surface area (Å²) in [7, 11) is 0. The normalized spacial score (nSPS) is 32.3. The number of carboxylic acids is 1. The highest BCUT2D eigenvalue weighted by Crippen LogP contribution is 2.42. The molecule has 0 radical (unpaired) electrons. The van der Waals surface area contributed by atoms with E-state index >= 15 is 0 Å². The van der Waals surface area contributed by atoms with Gasteiger partial charge in [0.2, 0.25) is 12.3 Å². The molecule has 0 spiro atoms. The molecule has 2 N–H and O–H groups in total. The number of fused-ring (bicyclic) bond motifs is 1. The van der Waals surface area contributed by atoms with E-state index in [1.807, 2.05) is 0 Å². The molecule has 3 aliphatic heterocycles. The molecule has 23 heavy (non-hydrogen) atoms. The van der Waals surface area contributed by atoms with Crippen molar-refractivity contribution in [2.24, 2.45) is 5.41 Å². The molecule has 9 nitrogen and oxygen atoms in total. The van der Waals surface area contributed by atoms with Gasteiger partial charge in [0, 0.05) is 25.4 Å². The van der Waals surface area contributed by atoms with Gasteiger partial charge in [0.15, 0.2) is 0 Å². The van der Waals surface area contributed by atoms with E-state index in [1.165, 1.54) is 21.6 Å². The van der Waals surface area contributed by atoms with E-state index in [1.54, 1.807) is 0 Å². The lowest BCUT2D eigenvalue weighted by atomic mass is 9.88. The summed E-state index contributed by atoms with van der Waals surface area (Å²) in [4.78, 5) is 48.9. The van der Waals surface area contributed by atoms with Crippen LogP contribution in [-0.2, 0) is 19.1 Å². The number of carbonyl (C=O) groups excluding carboxylic acids is 3. The van der Waals surface area contributed by atoms with Crippen molar-refractivity contribution in [1.82, 2.24) is 15.1 Å². The lowest BCUT2D eigenvalue weighted by molar-refractivity contribution is -0.160. The number of thioether (sulfide) groups is 1. The van der Waals surface area contributed by atoms with Gasteiger partial charge < -0.3 is 25.0 Å². The van der Waals surface area contributed by atoms with Crippen molar-refractivity contribution in [2.45, 2.75) is 17.8 Å². The Morgan fingerprint density at radius 1 is 1.48 bits per heavy atom. The third-order valence-electron chi connectivity index (χ3n) is 4.43. The molecule has 10 heteroatoms. The maximum absolute atomic E-state index is 12.0. The molecule has 0 aromatic rings. The van der Waals surface area contributed by atoms with Crippen molar-refractivity contribution in [1.29, 1.82) is 0 Å². The van der Waals surface area contributed by atoms with Gasteiger partial charge in [-0.05, 0) is 6.42 Å². The zero-order valence-electron chi connectivity index (χ0n) is 12.3. The molecule has 126 valence electrons. The fraction of sp³-hybridized carbons (Fsp3) is 0.692. The molecule has 3 heterocycles. The number of nitrogens with one attached hydrogen (secondary N) is 1. The predicted molar refractivity (Wildman–Crippen MR) is 78.6 cm³/mol. The monoisotopic (exact) mass is 343 g/mol. The van der Waals surface area contributed by atoms with Crippen LogP contribution in [0.4, 0.5) is 4.79 Å². The van der Waals surface area contributed by atoms with E-state index in [4.69, 9.17) is 4.74 Å². The van der Waals surface area contributed by atoms with Gasteiger partial charge in [0.05, 0.1) is 0 Å². The van der Waals surface area contributed by atoms with Crippen LogP contribution in [0.1, 0.15) is 6.42 Å². The summed E-state index contributed by atoms with van der Waals surface area (Å²) in [5.74, 6) is -1.20. The van der Waals surface area contributed by atoms with Crippen molar-refractivity contribution in [3.8, 4) is 0 Å². The third kappa shape index (κ3) is 2.60. The van der Waals surface area contributed by atoms with Crippen LogP contribution in [0.15, 0.2) is 0 Å². The van der Waals surface area contributed by atoms with Crippen LogP contribution >= 0.6 is 11.8 Å². The average Bonchev–Trinajstić information content (AvgIpc) is 2.48. The van der Waals surface area contributed by atoms with E-state index in [2.05, 4.69) is 5.32 Å². The number of hydrogen-bond acceptors (Lipinski definition) is 6. The molecular weight excluding hydrogens is 326 g/mol. The van der Waals surface area contributed by atoms with Gasteiger partial charge in [-0.3, -0.25) is 14.4 Å². The SMILES string of the molecule is O=CNC1C(=O)N2CC(COC(=O)N3CCC3)(C(=O)O)CS[C@H]12. The Labute approximate surface area is 136 Å². The molecule has 0 saturated carbocycles. The highest BCUT2D eigenvalue weighted by Gasteiger charge is 2.57. The van der Waals surface area contributed by atoms with Gasteiger partial charge >= 0.3 is 12.1 Å². The van der Waals surface area contributed by atoms with Crippen molar-refractivity contribution < 1.29 is 29.0 Å². The van der Waals surface area contributed by atoms with E-state index in [0.717, 1.165) is 6.42 Å². The van der Waals surface area contributed by atoms with Gasteiger partial charge in [-0.2, -0.15) is 0 Å². The molecule has 0 bridgehead atoms. The second-order valence-corrected chi connectivity index (χ2v) is 7.02. The Morgan fingerprint density at radius 3 is 2.78 bits per heavy atom. The van der Waals surface area contributed by atoms with Crippen LogP contribution in [0.25, 0.3) is 0 Å². The summed E-state index contributed by atoms with van der Waals surface area (Å²) >= 11 is 1.28. The van der Waals surface area contributed by atoms with Crippen molar-refractivity contribution in [3.63, 3.8) is 0 Å². The van der Waals surface area contributed by atoms with Gasteiger partial charge in [0.25, 0.3) is 0 Å². The maximum atomic E-state index is 12.0. The van der Waals surface area contributed by atoms with Crippen LogP contribution < -0.4 is 5.32 Å². The van der Waals surface area contributed by atoms with Crippen molar-refractivity contribution in [2.75, 3.05) is 32.0 Å². The first-order valence-electron chi connectivity index (χ1n) is 7.25. The lowest BCUT2D eigenvalue weighted by Crippen LogP contribution is -2.73. The molecule has 3 aliphatic rings. The van der Waals surface area contributed by atoms with E-state index < -0.39 is 23.5 Å². The van der Waals surface area contributed by atoms with Crippen LogP contribution in [-0.4, -0.2) is 82.7 Å². The summed E-state index contributed by atoms with van der Waals surface area (Å²) in [5, 5.41) is 11.7. The Bertz CT molecular complexity index is 554. The Balaban J connectivity index is 1.63. The number of carbonyl (C=O) groups is 4. The fourth-order valence-corrected chi connectivity index (χ4v) is 4.32. The predicted octanol–water partition coefficient (Wildman–Crippen LogP) is -1.07. The van der Waals surface area contributed by atoms with E-state index in [-0.39, 0.29) is 30.2 Å². The summed E-state index contributed by atoms with van der Waals surface area (Å²) < 4.78 is 5.15. The average molecular weight is 343 g/mol. The first-order chi connectivity index (χ1) is 11.0. The topological polar surface area (TPSA) is 116 Å².